The van der Waals surface area contributed by atoms with Crippen LogP contribution in [0.15, 0.2) is 23.1 Å². The van der Waals surface area contributed by atoms with E-state index >= 15 is 0 Å². The minimum Gasteiger partial charge on any atom is -0.392 e. The Morgan fingerprint density at radius 1 is 1.50 bits per heavy atom. The van der Waals surface area contributed by atoms with Gasteiger partial charge in [0, 0.05) is 10.1 Å². The summed E-state index contributed by atoms with van der Waals surface area (Å²) >= 11 is 1.53. The molecule has 1 aromatic rings. The Hall–Kier alpha value is -0.540. The predicted octanol–water partition coefficient (Wildman–Crippen LogP) is 3.21. The number of halogens is 1. The van der Waals surface area contributed by atoms with E-state index in [1.807, 2.05) is 0 Å². The summed E-state index contributed by atoms with van der Waals surface area (Å²) in [7, 11) is 0. The molecule has 3 heteroatoms. The van der Waals surface area contributed by atoms with E-state index in [0.29, 0.717) is 15.7 Å². The van der Waals surface area contributed by atoms with Crippen molar-refractivity contribution < 1.29 is 9.50 Å². The lowest BCUT2D eigenvalue weighted by molar-refractivity contribution is 0.281. The highest BCUT2D eigenvalue weighted by Gasteiger charge is 2.07. The highest BCUT2D eigenvalue weighted by molar-refractivity contribution is 7.99. The zero-order valence-corrected chi connectivity index (χ0v) is 9.27. The Morgan fingerprint density at radius 2 is 2.21 bits per heavy atom. The molecule has 0 fully saturated rings. The number of aliphatic hydroxyl groups is 1. The van der Waals surface area contributed by atoms with E-state index in [4.69, 9.17) is 5.11 Å². The van der Waals surface area contributed by atoms with Gasteiger partial charge in [0.15, 0.2) is 0 Å². The van der Waals surface area contributed by atoms with Crippen LogP contribution in [0, 0.1) is 5.82 Å². The molecular weight excluding hydrogens is 199 g/mol. The lowest BCUT2D eigenvalue weighted by Crippen LogP contribution is -1.94. The van der Waals surface area contributed by atoms with Crippen LogP contribution >= 0.6 is 11.8 Å². The summed E-state index contributed by atoms with van der Waals surface area (Å²) in [6, 6.07) is 4.89. The molecule has 0 saturated carbocycles. The molecule has 0 amide bonds. The van der Waals surface area contributed by atoms with Crippen molar-refractivity contribution in [3.8, 4) is 0 Å². The van der Waals surface area contributed by atoms with Gasteiger partial charge >= 0.3 is 0 Å². The molecule has 1 rings (SSSR count). The Kier molecular flexibility index (Phi) is 4.42. The van der Waals surface area contributed by atoms with Gasteiger partial charge in [0.25, 0.3) is 0 Å². The minimum absolute atomic E-state index is 0.106. The zero-order valence-electron chi connectivity index (χ0n) is 8.46. The summed E-state index contributed by atoms with van der Waals surface area (Å²) in [4.78, 5) is 0.663. The first-order valence-corrected chi connectivity index (χ1v) is 5.61. The monoisotopic (exact) mass is 214 g/mol. The van der Waals surface area contributed by atoms with Crippen LogP contribution in [0.4, 0.5) is 4.39 Å². The summed E-state index contributed by atoms with van der Waals surface area (Å²) in [6.07, 6.45) is 1.02. The van der Waals surface area contributed by atoms with Crippen molar-refractivity contribution in [2.24, 2.45) is 0 Å². The minimum atomic E-state index is -0.234. The molecule has 0 saturated heterocycles. The predicted molar refractivity (Wildman–Crippen MR) is 57.9 cm³/mol. The maximum Gasteiger partial charge on any atom is 0.137 e. The maximum absolute atomic E-state index is 13.4. The molecule has 78 valence electrons. The van der Waals surface area contributed by atoms with Gasteiger partial charge in [-0.15, -0.1) is 11.8 Å². The van der Waals surface area contributed by atoms with Gasteiger partial charge in [0.05, 0.1) is 6.61 Å². The number of aliphatic hydroxyl groups excluding tert-OH is 1. The average molecular weight is 214 g/mol. The Bertz CT molecular complexity index is 301. The van der Waals surface area contributed by atoms with Gasteiger partial charge in [-0.25, -0.2) is 4.39 Å². The van der Waals surface area contributed by atoms with Crippen molar-refractivity contribution in [1.29, 1.82) is 0 Å². The third-order valence-corrected chi connectivity index (χ3v) is 3.40. The summed E-state index contributed by atoms with van der Waals surface area (Å²) in [5.41, 5.74) is 0.621. The highest BCUT2D eigenvalue weighted by atomic mass is 32.2. The average Bonchev–Trinajstić information content (AvgIpc) is 2.20. The molecule has 14 heavy (non-hydrogen) atoms. The second-order valence-corrected chi connectivity index (χ2v) is 4.74. The summed E-state index contributed by atoms with van der Waals surface area (Å²) < 4.78 is 13.4. The van der Waals surface area contributed by atoms with E-state index in [1.54, 1.807) is 12.1 Å². The van der Waals surface area contributed by atoms with Crippen LogP contribution < -0.4 is 0 Å². The second kappa shape index (κ2) is 5.37. The lowest BCUT2D eigenvalue weighted by Gasteiger charge is -2.09. The van der Waals surface area contributed by atoms with Crippen molar-refractivity contribution in [2.75, 3.05) is 0 Å². The Balaban J connectivity index is 2.78. The van der Waals surface area contributed by atoms with Crippen molar-refractivity contribution in [3.05, 3.63) is 29.6 Å². The van der Waals surface area contributed by atoms with Gasteiger partial charge in [0.1, 0.15) is 5.82 Å². The van der Waals surface area contributed by atoms with Crippen LogP contribution in [0.25, 0.3) is 0 Å². The third-order valence-electron chi connectivity index (χ3n) is 2.08. The molecule has 0 aliphatic carbocycles. The molecule has 0 aliphatic rings. The largest absolute Gasteiger partial charge is 0.392 e. The van der Waals surface area contributed by atoms with E-state index in [1.165, 1.54) is 17.8 Å². The van der Waals surface area contributed by atoms with Crippen molar-refractivity contribution in [2.45, 2.75) is 37.0 Å². The van der Waals surface area contributed by atoms with Gasteiger partial charge in [-0.2, -0.15) is 0 Å². The number of hydrogen-bond donors (Lipinski definition) is 1. The van der Waals surface area contributed by atoms with E-state index in [2.05, 4.69) is 13.8 Å². The summed E-state index contributed by atoms with van der Waals surface area (Å²) in [6.45, 7) is 4.05. The van der Waals surface area contributed by atoms with Crippen LogP contribution in [-0.4, -0.2) is 10.4 Å². The first-order valence-electron chi connectivity index (χ1n) is 4.73. The standard InChI is InChI=1S/C11H15FOS/c1-3-8(2)14-11-5-4-9(7-13)6-10(11)12/h4-6,8,13H,3,7H2,1-2H3. The second-order valence-electron chi connectivity index (χ2n) is 3.26. The van der Waals surface area contributed by atoms with E-state index in [0.717, 1.165) is 6.42 Å². The molecule has 1 aromatic carbocycles. The molecular formula is C11H15FOS. The smallest absolute Gasteiger partial charge is 0.137 e. The topological polar surface area (TPSA) is 20.2 Å². The van der Waals surface area contributed by atoms with Gasteiger partial charge in [0.2, 0.25) is 0 Å². The molecule has 1 atom stereocenters. The molecule has 0 bridgehead atoms. The van der Waals surface area contributed by atoms with Gasteiger partial charge < -0.3 is 5.11 Å². The van der Waals surface area contributed by atoms with Crippen molar-refractivity contribution in [3.63, 3.8) is 0 Å². The van der Waals surface area contributed by atoms with Crippen LogP contribution in [-0.2, 0) is 6.61 Å². The molecule has 0 radical (unpaired) electrons. The van der Waals surface area contributed by atoms with E-state index in [-0.39, 0.29) is 12.4 Å². The van der Waals surface area contributed by atoms with Crippen molar-refractivity contribution >= 4 is 11.8 Å². The van der Waals surface area contributed by atoms with E-state index < -0.39 is 0 Å². The fourth-order valence-electron chi connectivity index (χ4n) is 1.04. The number of hydrogen-bond acceptors (Lipinski definition) is 2. The molecule has 0 aromatic heterocycles. The van der Waals surface area contributed by atoms with Gasteiger partial charge in [-0.1, -0.05) is 19.9 Å². The van der Waals surface area contributed by atoms with Gasteiger partial charge in [-0.3, -0.25) is 0 Å². The van der Waals surface area contributed by atoms with E-state index in [9.17, 15) is 4.39 Å². The molecule has 0 spiro atoms. The highest BCUT2D eigenvalue weighted by Crippen LogP contribution is 2.27. The zero-order chi connectivity index (χ0) is 10.6. The number of rotatable bonds is 4. The van der Waals surface area contributed by atoms with Crippen LogP contribution in [0.1, 0.15) is 25.8 Å². The quantitative estimate of drug-likeness (QED) is 0.777. The van der Waals surface area contributed by atoms with Crippen LogP contribution in [0.5, 0.6) is 0 Å². The molecule has 0 heterocycles. The SMILES string of the molecule is CCC(C)Sc1ccc(CO)cc1F. The lowest BCUT2D eigenvalue weighted by atomic mass is 10.2. The normalized spacial score (nSPS) is 12.9. The Morgan fingerprint density at radius 3 is 2.71 bits per heavy atom. The first kappa shape index (κ1) is 11.5. The molecule has 1 unspecified atom stereocenters. The first-order chi connectivity index (χ1) is 6.67. The summed E-state index contributed by atoms with van der Waals surface area (Å²) in [5, 5.41) is 9.23. The molecule has 1 nitrogen and oxygen atoms in total. The molecule has 0 aliphatic heterocycles. The fraction of sp³-hybridized carbons (Fsp3) is 0.455. The van der Waals surface area contributed by atoms with Gasteiger partial charge in [-0.05, 0) is 24.1 Å². The number of benzene rings is 1. The Labute approximate surface area is 88.3 Å². The van der Waals surface area contributed by atoms with Crippen LogP contribution in [0.2, 0.25) is 0 Å². The third kappa shape index (κ3) is 3.00. The summed E-state index contributed by atoms with van der Waals surface area (Å²) in [5.74, 6) is -0.234. The van der Waals surface area contributed by atoms with Crippen LogP contribution in [0.3, 0.4) is 0 Å². The molecule has 1 N–H and O–H groups in total. The number of thioether (sulfide) groups is 1. The maximum atomic E-state index is 13.4. The van der Waals surface area contributed by atoms with Crippen molar-refractivity contribution in [1.82, 2.24) is 0 Å². The fourth-order valence-corrected chi connectivity index (χ4v) is 1.96.